The third-order valence-corrected chi connectivity index (χ3v) is 4.49. The molecular weight excluding hydrogens is 373 g/mol. The first kappa shape index (κ1) is 18.5. The van der Waals surface area contributed by atoms with Crippen LogP contribution < -0.4 is 10.1 Å². The van der Waals surface area contributed by atoms with Crippen LogP contribution in [0.4, 0.5) is 5.69 Å². The van der Waals surface area contributed by atoms with Crippen molar-refractivity contribution in [1.82, 2.24) is 4.90 Å². The molecule has 1 N–H and O–H groups in total. The summed E-state index contributed by atoms with van der Waals surface area (Å²) in [6, 6.07) is 12.3. The Bertz CT molecular complexity index is 802. The summed E-state index contributed by atoms with van der Waals surface area (Å²) in [7, 11) is 0. The highest BCUT2D eigenvalue weighted by Crippen LogP contribution is 2.30. The van der Waals surface area contributed by atoms with Gasteiger partial charge in [0.2, 0.25) is 5.96 Å². The fraction of sp³-hybridized carbons (Fsp3) is 0.263. The number of hydrogen-bond donors (Lipinski definition) is 1. The van der Waals surface area contributed by atoms with Crippen LogP contribution in [0.1, 0.15) is 23.7 Å². The lowest BCUT2D eigenvalue weighted by Crippen LogP contribution is -2.38. The van der Waals surface area contributed by atoms with Crippen LogP contribution in [0, 0.1) is 0 Å². The number of rotatable bonds is 5. The number of carbonyl (C=O) groups is 1. The SMILES string of the molecule is CCCOc1ccc(C(=O)N2CCN=C2Nc2c(Cl)cccc2Cl)cc1. The Morgan fingerprint density at radius 2 is 1.88 bits per heavy atom. The number of hydrogen-bond acceptors (Lipinski definition) is 4. The number of halogens is 2. The highest BCUT2D eigenvalue weighted by Gasteiger charge is 2.26. The van der Waals surface area contributed by atoms with Crippen LogP contribution in [0.25, 0.3) is 0 Å². The number of aliphatic imine (C=N–C) groups is 1. The predicted molar refractivity (Wildman–Crippen MR) is 106 cm³/mol. The summed E-state index contributed by atoms with van der Waals surface area (Å²) < 4.78 is 5.55. The van der Waals surface area contributed by atoms with Gasteiger partial charge in [0.25, 0.3) is 5.91 Å². The molecule has 26 heavy (non-hydrogen) atoms. The minimum absolute atomic E-state index is 0.140. The quantitative estimate of drug-likeness (QED) is 0.802. The van der Waals surface area contributed by atoms with Gasteiger partial charge in [-0.1, -0.05) is 36.2 Å². The Hall–Kier alpha value is -2.24. The normalized spacial score (nSPS) is 13.5. The molecule has 0 fully saturated rings. The van der Waals surface area contributed by atoms with Gasteiger partial charge in [0.05, 0.1) is 28.9 Å². The maximum Gasteiger partial charge on any atom is 0.260 e. The second kappa shape index (κ2) is 8.43. The minimum Gasteiger partial charge on any atom is -0.494 e. The molecule has 1 aliphatic heterocycles. The van der Waals surface area contributed by atoms with E-state index >= 15 is 0 Å². The highest BCUT2D eigenvalue weighted by molar-refractivity contribution is 6.40. The molecule has 0 aromatic heterocycles. The first-order chi connectivity index (χ1) is 12.6. The lowest BCUT2D eigenvalue weighted by Gasteiger charge is -2.20. The van der Waals surface area contributed by atoms with E-state index < -0.39 is 0 Å². The van der Waals surface area contributed by atoms with Crippen molar-refractivity contribution in [2.75, 3.05) is 25.0 Å². The van der Waals surface area contributed by atoms with Gasteiger partial charge in [0, 0.05) is 12.1 Å². The molecule has 0 radical (unpaired) electrons. The number of ether oxygens (including phenoxy) is 1. The number of amides is 1. The maximum atomic E-state index is 12.8. The topological polar surface area (TPSA) is 53.9 Å². The van der Waals surface area contributed by atoms with E-state index in [9.17, 15) is 4.79 Å². The molecule has 0 unspecified atom stereocenters. The fourth-order valence-electron chi connectivity index (χ4n) is 2.55. The van der Waals surface area contributed by atoms with Gasteiger partial charge in [0.15, 0.2) is 0 Å². The molecule has 0 saturated carbocycles. The zero-order valence-electron chi connectivity index (χ0n) is 14.3. The molecule has 0 atom stereocenters. The van der Waals surface area contributed by atoms with Crippen molar-refractivity contribution in [2.24, 2.45) is 4.99 Å². The summed E-state index contributed by atoms with van der Waals surface area (Å²) in [5.74, 6) is 1.05. The van der Waals surface area contributed by atoms with E-state index in [0.29, 0.717) is 47.0 Å². The van der Waals surface area contributed by atoms with Crippen LogP contribution >= 0.6 is 23.2 Å². The van der Waals surface area contributed by atoms with Crippen LogP contribution in [0.15, 0.2) is 47.5 Å². The van der Waals surface area contributed by atoms with Crippen molar-refractivity contribution in [3.8, 4) is 5.75 Å². The van der Waals surface area contributed by atoms with Crippen LogP contribution in [0.5, 0.6) is 5.75 Å². The second-order valence-electron chi connectivity index (χ2n) is 5.76. The lowest BCUT2D eigenvalue weighted by atomic mass is 10.2. The summed E-state index contributed by atoms with van der Waals surface area (Å²) in [4.78, 5) is 18.8. The molecule has 0 bridgehead atoms. The number of nitrogens with one attached hydrogen (secondary N) is 1. The van der Waals surface area contributed by atoms with E-state index in [2.05, 4.69) is 10.3 Å². The number of benzene rings is 2. The van der Waals surface area contributed by atoms with E-state index in [1.165, 1.54) is 0 Å². The van der Waals surface area contributed by atoms with Gasteiger partial charge in [-0.2, -0.15) is 0 Å². The van der Waals surface area contributed by atoms with Gasteiger partial charge >= 0.3 is 0 Å². The smallest absolute Gasteiger partial charge is 0.260 e. The Labute approximate surface area is 162 Å². The van der Waals surface area contributed by atoms with Crippen molar-refractivity contribution in [2.45, 2.75) is 13.3 Å². The molecule has 3 rings (SSSR count). The summed E-state index contributed by atoms with van der Waals surface area (Å²) in [5.41, 5.74) is 1.10. The summed E-state index contributed by atoms with van der Waals surface area (Å²) in [5, 5.41) is 4.02. The molecule has 1 amide bonds. The van der Waals surface area contributed by atoms with Crippen molar-refractivity contribution in [3.63, 3.8) is 0 Å². The average Bonchev–Trinajstić information content (AvgIpc) is 3.11. The molecule has 0 aliphatic carbocycles. The number of guanidine groups is 1. The van der Waals surface area contributed by atoms with Gasteiger partial charge in [-0.15, -0.1) is 0 Å². The largest absolute Gasteiger partial charge is 0.494 e. The van der Waals surface area contributed by atoms with E-state index in [1.54, 1.807) is 47.4 Å². The van der Waals surface area contributed by atoms with Crippen LogP contribution in [-0.4, -0.2) is 36.5 Å². The third-order valence-electron chi connectivity index (χ3n) is 3.86. The van der Waals surface area contributed by atoms with Gasteiger partial charge < -0.3 is 10.1 Å². The number of nitrogens with zero attached hydrogens (tertiary/aromatic N) is 2. The Balaban J connectivity index is 1.74. The Morgan fingerprint density at radius 3 is 2.54 bits per heavy atom. The fourth-order valence-corrected chi connectivity index (χ4v) is 3.04. The van der Waals surface area contributed by atoms with Crippen molar-refractivity contribution >= 4 is 40.8 Å². The standard InChI is InChI=1S/C19H19Cl2N3O2/c1-2-12-26-14-8-6-13(7-9-14)18(25)24-11-10-22-19(24)23-17-15(20)4-3-5-16(17)21/h3-9H,2,10-12H2,1H3,(H,22,23). The monoisotopic (exact) mass is 391 g/mol. The van der Waals surface area contributed by atoms with Gasteiger partial charge in [0.1, 0.15) is 5.75 Å². The van der Waals surface area contributed by atoms with Crippen molar-refractivity contribution < 1.29 is 9.53 Å². The molecule has 1 aliphatic rings. The van der Waals surface area contributed by atoms with Gasteiger partial charge in [-0.3, -0.25) is 14.7 Å². The maximum absolute atomic E-state index is 12.8. The number of para-hydroxylation sites is 1. The molecule has 136 valence electrons. The van der Waals surface area contributed by atoms with Gasteiger partial charge in [-0.05, 0) is 42.8 Å². The molecule has 0 saturated heterocycles. The summed E-state index contributed by atoms with van der Waals surface area (Å²) >= 11 is 12.4. The highest BCUT2D eigenvalue weighted by atomic mass is 35.5. The predicted octanol–water partition coefficient (Wildman–Crippen LogP) is 4.71. The first-order valence-electron chi connectivity index (χ1n) is 8.40. The molecule has 7 heteroatoms. The summed E-state index contributed by atoms with van der Waals surface area (Å²) in [6.07, 6.45) is 0.935. The first-order valence-corrected chi connectivity index (χ1v) is 9.16. The lowest BCUT2D eigenvalue weighted by molar-refractivity contribution is 0.0858. The Kier molecular flexibility index (Phi) is 6.01. The molecule has 1 heterocycles. The minimum atomic E-state index is -0.140. The molecule has 5 nitrogen and oxygen atoms in total. The Morgan fingerprint density at radius 1 is 1.19 bits per heavy atom. The van der Waals surface area contributed by atoms with E-state index in [4.69, 9.17) is 27.9 Å². The zero-order valence-corrected chi connectivity index (χ0v) is 15.8. The summed E-state index contributed by atoms with van der Waals surface area (Å²) in [6.45, 7) is 3.72. The molecule has 0 spiro atoms. The zero-order chi connectivity index (χ0) is 18.5. The van der Waals surface area contributed by atoms with Crippen LogP contribution in [0.2, 0.25) is 10.0 Å². The average molecular weight is 392 g/mol. The van der Waals surface area contributed by atoms with Crippen molar-refractivity contribution in [3.05, 3.63) is 58.1 Å². The third kappa shape index (κ3) is 4.11. The second-order valence-corrected chi connectivity index (χ2v) is 6.57. The molecule has 2 aromatic rings. The van der Waals surface area contributed by atoms with E-state index in [1.807, 2.05) is 6.92 Å². The van der Waals surface area contributed by atoms with Crippen molar-refractivity contribution in [1.29, 1.82) is 0 Å². The van der Waals surface area contributed by atoms with Crippen LogP contribution in [-0.2, 0) is 0 Å². The van der Waals surface area contributed by atoms with E-state index in [0.717, 1.165) is 12.2 Å². The van der Waals surface area contributed by atoms with E-state index in [-0.39, 0.29) is 5.91 Å². The number of anilines is 1. The number of carbonyl (C=O) groups excluding carboxylic acids is 1. The molecular formula is C19H19Cl2N3O2. The van der Waals surface area contributed by atoms with Crippen LogP contribution in [0.3, 0.4) is 0 Å². The van der Waals surface area contributed by atoms with Gasteiger partial charge in [-0.25, -0.2) is 0 Å². The molecule has 2 aromatic carbocycles.